The Labute approximate surface area is 886 Å². The van der Waals surface area contributed by atoms with Crippen molar-refractivity contribution in [1.29, 1.82) is 0 Å². The molecule has 5 N–H and O–H groups in total. The first-order valence-electron chi connectivity index (χ1n) is 50.6. The Morgan fingerprint density at radius 2 is 0.571 bits per heavy atom. The van der Waals surface area contributed by atoms with Crippen molar-refractivity contribution in [3.63, 3.8) is 0 Å². The van der Waals surface area contributed by atoms with Crippen molar-refractivity contribution in [2.45, 2.75) is 203 Å². The molecule has 0 atom stereocenters. The number of hydrogen-bond acceptors (Lipinski definition) is 21. The number of aryl methyl sites for hydroxylation is 7. The van der Waals surface area contributed by atoms with E-state index < -0.39 is 0 Å². The molecule has 5 aromatic carbocycles. The smallest absolute Gasteiger partial charge is 0.261 e. The van der Waals surface area contributed by atoms with Crippen LogP contribution in [0.15, 0.2) is 152 Å². The van der Waals surface area contributed by atoms with Crippen LogP contribution in [0, 0.1) is 48.5 Å². The monoisotopic (exact) mass is 2110 g/mol. The predicted molar refractivity (Wildman–Crippen MR) is 589 cm³/mol. The van der Waals surface area contributed by atoms with Gasteiger partial charge in [0, 0.05) is 141 Å². The van der Waals surface area contributed by atoms with Crippen LogP contribution in [0.4, 0.5) is 28.4 Å². The van der Waals surface area contributed by atoms with Crippen LogP contribution >= 0.6 is 69.6 Å². The summed E-state index contributed by atoms with van der Waals surface area (Å²) < 4.78 is 21.1. The molecule has 15 heterocycles. The molecule has 5 aliphatic heterocycles. The van der Waals surface area contributed by atoms with Gasteiger partial charge in [0.15, 0.2) is 28.2 Å². The SMILES string of the molecule is CCN1CCC(n2nc(C)c3c(Cl)c(C(=O)Nc4ccc(C(C)C)cc4)cnc32)CC1.CCN1CCC(n2nc(C)c3c(Cl)c(C(=O)Nc4ccc(C)cc4)cnc32)CC1.CCN1CCC(n2nc(C)c3c(Cl)c(C(=O)Nc4ccc(Cl)cc4)cnc32)CC1.COc1c(C(=O)Nc2ccc(C)cc2)cnc2c1c(C)nn2C1CCOCC1.Cc1nn(C2CCN(C(C)C)CC2)c2ncc(C(=O)Nc3ccc(Cl)cc3)c(Cl)c12. The zero-order valence-electron chi connectivity index (χ0n) is 85.9. The van der Waals surface area contributed by atoms with E-state index in [1.807, 2.05) is 145 Å². The molecule has 0 aliphatic carbocycles. The largest absolute Gasteiger partial charge is 0.495 e. The van der Waals surface area contributed by atoms with E-state index >= 15 is 0 Å². The highest BCUT2D eigenvalue weighted by Gasteiger charge is 2.34. The van der Waals surface area contributed by atoms with Crippen molar-refractivity contribution < 1.29 is 33.4 Å². The molecule has 10 aromatic heterocycles. The zero-order valence-corrected chi connectivity index (χ0v) is 90.4. The Hall–Kier alpha value is -12.1. The zero-order chi connectivity index (χ0) is 104. The van der Waals surface area contributed by atoms with Crippen LogP contribution in [-0.4, -0.2) is 221 Å². The van der Waals surface area contributed by atoms with Crippen LogP contribution in [0.1, 0.15) is 246 Å². The standard InChI is InChI=1S/C24H30ClN5O.C22H25Cl2N5O.C22H26ClN5O.C21H23Cl2N5O.C21H24N4O3/c1-5-29-12-10-19(11-13-29)30-23-21(16(4)28-30)22(25)20(14-26-23)24(31)27-18-8-6-17(7-9-18)15(2)3;1-13(2)28-10-8-17(9-11-28)29-21-19(14(3)27-29)20(24)18(12-25-21)22(30)26-16-6-4-15(23)5-7-16;1-4-27-11-9-17(10-12-27)28-21-19(15(3)26-28)20(23)18(13-24-21)22(29)25-16-7-5-14(2)6-8-16;1-3-27-10-8-16(9-11-27)28-20-18(13(2)26-28)19(23)17(12-24-20)21(29)25-15-6-4-14(22)5-7-15;1-13-4-6-15(7-5-13)23-21(26)17-12-22-20-18(19(17)27-3)14(2)24-25(20)16-8-10-28-11-9-16/h6-9,14-15,19H,5,10-13H2,1-4H3,(H,27,31);4-7,12-13,17H,8-11H2,1-3H3,(H,26,30);5-8,13,17H,4,9-12H2,1-3H3,(H,25,29);4-7,12,16H,3,8-11H2,1-2H3,(H,25,29);4-7,12,16H,8-11H2,1-3H3,(H,23,26). The normalized spacial score (nSPS) is 15.6. The Balaban J connectivity index is 0.000000131. The highest BCUT2D eigenvalue weighted by atomic mass is 35.5. The molecule has 20 rings (SSSR count). The minimum atomic E-state index is -0.311. The lowest BCUT2D eigenvalue weighted by atomic mass is 10.0. The number of methoxy groups -OCH3 is 1. The first kappa shape index (κ1) is 108. The number of carbonyl (C=O) groups is 5. The van der Waals surface area contributed by atoms with Gasteiger partial charge in [0.1, 0.15) is 11.3 Å². The first-order valence-corrected chi connectivity index (χ1v) is 52.9. The molecule has 5 saturated heterocycles. The fourth-order valence-corrected chi connectivity index (χ4v) is 21.4. The average Bonchev–Trinajstić information content (AvgIpc) is 1.64. The number of benzene rings is 5. The molecule has 5 amide bonds. The number of hydrogen-bond donors (Lipinski definition) is 5. The van der Waals surface area contributed by atoms with Crippen molar-refractivity contribution in [2.24, 2.45) is 0 Å². The minimum Gasteiger partial charge on any atom is -0.495 e. The maximum atomic E-state index is 12.9. The Bertz CT molecular complexity index is 7050. The van der Waals surface area contributed by atoms with Crippen LogP contribution in [-0.2, 0) is 4.74 Å². The van der Waals surface area contributed by atoms with Crippen molar-refractivity contribution in [3.8, 4) is 5.75 Å². The van der Waals surface area contributed by atoms with Gasteiger partial charge in [0.25, 0.3) is 29.5 Å². The minimum absolute atomic E-state index is 0.245. The van der Waals surface area contributed by atoms with Crippen LogP contribution in [0.2, 0.25) is 30.1 Å². The van der Waals surface area contributed by atoms with Crippen molar-refractivity contribution in [2.75, 3.05) is 119 Å². The number of amides is 5. The number of piperidine rings is 4. The molecule has 772 valence electrons. The Morgan fingerprint density at radius 3 is 0.837 bits per heavy atom. The molecular weight excluding hydrogens is 1980 g/mol. The number of rotatable bonds is 21. The summed E-state index contributed by atoms with van der Waals surface area (Å²) in [5.41, 5.74) is 16.5. The van der Waals surface area contributed by atoms with E-state index in [1.54, 1.807) is 74.2 Å². The van der Waals surface area contributed by atoms with E-state index in [-0.39, 0.29) is 41.6 Å². The maximum Gasteiger partial charge on any atom is 0.261 e. The number of pyridine rings is 5. The number of fused-ring (bicyclic) bond motifs is 5. The number of nitrogens with zero attached hydrogens (tertiary/aromatic N) is 19. The van der Waals surface area contributed by atoms with Gasteiger partial charge >= 0.3 is 0 Å². The number of nitrogens with one attached hydrogen (secondary N) is 5. The molecule has 0 saturated carbocycles. The summed E-state index contributed by atoms with van der Waals surface area (Å²) in [4.78, 5) is 96.9. The lowest BCUT2D eigenvalue weighted by Crippen LogP contribution is -2.39. The van der Waals surface area contributed by atoms with E-state index in [0.717, 1.165) is 261 Å². The van der Waals surface area contributed by atoms with E-state index in [1.165, 1.54) is 18.0 Å². The number of carbonyl (C=O) groups excluding carboxylic acids is 5. The number of likely N-dealkylation sites (tertiary alicyclic amines) is 4. The van der Waals surface area contributed by atoms with Crippen molar-refractivity contribution in [3.05, 3.63) is 255 Å². The number of ether oxygens (including phenoxy) is 2. The predicted octanol–water partition coefficient (Wildman–Crippen LogP) is 24.0. The van der Waals surface area contributed by atoms with Gasteiger partial charge in [-0.1, -0.05) is 152 Å². The lowest BCUT2D eigenvalue weighted by molar-refractivity contribution is 0.0672. The summed E-state index contributed by atoms with van der Waals surface area (Å²) in [6.45, 7) is 42.0. The quantitative estimate of drug-likeness (QED) is 0.0446. The van der Waals surface area contributed by atoms with Gasteiger partial charge in [0.2, 0.25) is 0 Å². The van der Waals surface area contributed by atoms with Gasteiger partial charge in [-0.15, -0.1) is 0 Å². The van der Waals surface area contributed by atoms with Gasteiger partial charge in [-0.05, 0) is 243 Å². The van der Waals surface area contributed by atoms with Gasteiger partial charge in [0.05, 0.1) is 135 Å². The third kappa shape index (κ3) is 24.7. The summed E-state index contributed by atoms with van der Waals surface area (Å²) >= 11 is 38.5. The summed E-state index contributed by atoms with van der Waals surface area (Å²) in [5, 5.41) is 44.7. The van der Waals surface area contributed by atoms with Gasteiger partial charge in [-0.3, -0.25) is 24.0 Å². The first-order chi connectivity index (χ1) is 70.8. The third-order valence-electron chi connectivity index (χ3n) is 28.4. The summed E-state index contributed by atoms with van der Waals surface area (Å²) in [6, 6.07) is 39.1. The highest BCUT2D eigenvalue weighted by Crippen LogP contribution is 2.42. The fourth-order valence-electron chi connectivity index (χ4n) is 19.8. The maximum absolute atomic E-state index is 12.9. The number of anilines is 5. The van der Waals surface area contributed by atoms with Gasteiger partial charge in [-0.25, -0.2) is 48.3 Å². The van der Waals surface area contributed by atoms with Crippen molar-refractivity contribution in [1.82, 2.24) is 93.4 Å². The molecule has 147 heavy (non-hydrogen) atoms. The fraction of sp³-hybridized carbons (Fsp3) is 0.409. The van der Waals surface area contributed by atoms with E-state index in [2.05, 4.69) is 120 Å². The molecule has 0 radical (unpaired) electrons. The Kier molecular flexibility index (Phi) is 35.5. The van der Waals surface area contributed by atoms with Crippen LogP contribution in [0.25, 0.3) is 55.2 Å². The topological polar surface area (TPSA) is 330 Å². The lowest BCUT2D eigenvalue weighted by Gasteiger charge is -2.34. The molecule has 5 aliphatic rings. The number of halogens is 6. The summed E-state index contributed by atoms with van der Waals surface area (Å²) in [5.74, 6) is -0.459. The average molecular weight is 2110 g/mol. The van der Waals surface area contributed by atoms with Crippen LogP contribution in [0.3, 0.4) is 0 Å². The van der Waals surface area contributed by atoms with Crippen molar-refractivity contribution >= 4 is 183 Å². The second-order valence-corrected chi connectivity index (χ2v) is 41.2. The molecule has 5 fully saturated rings. The van der Waals surface area contributed by atoms with Gasteiger partial charge < -0.3 is 55.7 Å². The molecule has 0 bridgehead atoms. The molecule has 0 unspecified atom stereocenters. The third-order valence-corrected chi connectivity index (χ3v) is 30.5. The van der Waals surface area contributed by atoms with E-state index in [9.17, 15) is 24.0 Å². The summed E-state index contributed by atoms with van der Waals surface area (Å²) in [6.07, 6.45) is 17.8. The van der Waals surface area contributed by atoms with E-state index in [0.29, 0.717) is 105 Å². The Morgan fingerprint density at radius 1 is 0.333 bits per heavy atom. The molecule has 37 heteroatoms. The second kappa shape index (κ2) is 48.5. The highest BCUT2D eigenvalue weighted by molar-refractivity contribution is 6.41. The summed E-state index contributed by atoms with van der Waals surface area (Å²) in [7, 11) is 1.57. The second-order valence-electron chi connectivity index (χ2n) is 38.8. The van der Waals surface area contributed by atoms with E-state index in [4.69, 9.17) is 105 Å². The number of aromatic nitrogens is 15. The molecule has 31 nitrogen and oxygen atoms in total. The molecule has 0 spiro atoms. The molecule has 15 aromatic rings. The van der Waals surface area contributed by atoms with Crippen LogP contribution < -0.4 is 31.3 Å². The van der Waals surface area contributed by atoms with Gasteiger partial charge in [-0.2, -0.15) is 25.5 Å². The molecular formula is C110H128Cl6N24O7. The van der Waals surface area contributed by atoms with Crippen LogP contribution in [0.5, 0.6) is 5.75 Å².